The lowest BCUT2D eigenvalue weighted by Gasteiger charge is -2.29. The van der Waals surface area contributed by atoms with Crippen LogP contribution in [0.4, 0.5) is 4.39 Å². The van der Waals surface area contributed by atoms with Crippen LogP contribution >= 0.6 is 31.9 Å². The Bertz CT molecular complexity index is 108. The average Bonchev–Trinajstić information content (AvgIpc) is 1.95. The molecule has 0 aromatic heterocycles. The zero-order valence-corrected chi connectivity index (χ0v) is 8.87. The summed E-state index contributed by atoms with van der Waals surface area (Å²) in [6, 6.07) is 0. The maximum Gasteiger partial charge on any atom is 0.0933 e. The molecule has 1 rings (SSSR count). The number of rotatable bonds is 1. The number of hydrogen-bond acceptors (Lipinski definition) is 0. The van der Waals surface area contributed by atoms with Crippen molar-refractivity contribution in [2.24, 2.45) is 5.92 Å². The number of alkyl halides is 3. The summed E-state index contributed by atoms with van der Waals surface area (Å²) in [6.45, 7) is -0.183. The Balaban J connectivity index is 2.42. The van der Waals surface area contributed by atoms with Crippen LogP contribution in [0.25, 0.3) is 0 Å². The van der Waals surface area contributed by atoms with E-state index in [0.717, 1.165) is 12.8 Å². The summed E-state index contributed by atoms with van der Waals surface area (Å²) in [5.74, 6) is 0.234. The van der Waals surface area contributed by atoms with Crippen molar-refractivity contribution < 1.29 is 4.39 Å². The fourth-order valence-electron chi connectivity index (χ4n) is 1.35. The van der Waals surface area contributed by atoms with E-state index in [9.17, 15) is 4.39 Å². The molecule has 0 aromatic carbocycles. The van der Waals surface area contributed by atoms with E-state index in [1.807, 2.05) is 0 Å². The Morgan fingerprint density at radius 2 is 2.00 bits per heavy atom. The van der Waals surface area contributed by atoms with Crippen LogP contribution in [0.15, 0.2) is 0 Å². The molecule has 0 nitrogen and oxygen atoms in total. The molecule has 0 N–H and O–H groups in total. The maximum absolute atomic E-state index is 12.3. The van der Waals surface area contributed by atoms with E-state index < -0.39 is 0 Å². The summed E-state index contributed by atoms with van der Waals surface area (Å²) in [6.07, 6.45) is 3.37. The molecule has 0 bridgehead atoms. The lowest BCUT2D eigenvalue weighted by molar-refractivity contribution is 0.299. The standard InChI is InChI=1S/C7H11Br2F/c8-6-3-1-2-5(4-10)7(6)9/h5-7H,1-4H2. The second-order valence-electron chi connectivity index (χ2n) is 2.81. The van der Waals surface area contributed by atoms with Crippen molar-refractivity contribution in [3.05, 3.63) is 0 Å². The van der Waals surface area contributed by atoms with Crippen LogP contribution in [0.3, 0.4) is 0 Å². The van der Waals surface area contributed by atoms with Gasteiger partial charge in [-0.1, -0.05) is 38.3 Å². The molecule has 3 atom stereocenters. The highest BCUT2D eigenvalue weighted by atomic mass is 79.9. The molecule has 1 fully saturated rings. The summed E-state index contributed by atoms with van der Waals surface area (Å²) < 4.78 is 12.3. The van der Waals surface area contributed by atoms with E-state index in [0.29, 0.717) is 9.65 Å². The lowest BCUT2D eigenvalue weighted by atomic mass is 9.90. The highest BCUT2D eigenvalue weighted by Gasteiger charge is 2.29. The summed E-state index contributed by atoms with van der Waals surface area (Å²) >= 11 is 7.01. The van der Waals surface area contributed by atoms with Crippen LogP contribution < -0.4 is 0 Å². The van der Waals surface area contributed by atoms with Gasteiger partial charge in [-0.15, -0.1) is 0 Å². The van der Waals surface area contributed by atoms with E-state index in [-0.39, 0.29) is 12.6 Å². The van der Waals surface area contributed by atoms with Gasteiger partial charge in [0.2, 0.25) is 0 Å². The summed E-state index contributed by atoms with van der Waals surface area (Å²) in [5, 5.41) is 0. The van der Waals surface area contributed by atoms with Crippen LogP contribution in [-0.2, 0) is 0 Å². The third kappa shape index (κ3) is 1.94. The molecule has 3 unspecified atom stereocenters. The molecule has 3 heteroatoms. The fraction of sp³-hybridized carbons (Fsp3) is 1.00. The Hall–Kier alpha value is 0.890. The van der Waals surface area contributed by atoms with Crippen molar-refractivity contribution in [1.29, 1.82) is 0 Å². The van der Waals surface area contributed by atoms with Gasteiger partial charge >= 0.3 is 0 Å². The normalized spacial score (nSPS) is 41.7. The van der Waals surface area contributed by atoms with E-state index in [1.165, 1.54) is 6.42 Å². The third-order valence-corrected chi connectivity index (χ3v) is 5.17. The molecule has 0 radical (unpaired) electrons. The first-order chi connectivity index (χ1) is 4.75. The van der Waals surface area contributed by atoms with Gasteiger partial charge in [0, 0.05) is 15.6 Å². The van der Waals surface area contributed by atoms with Crippen molar-refractivity contribution in [2.45, 2.75) is 28.9 Å². The number of halogens is 3. The van der Waals surface area contributed by atoms with Crippen molar-refractivity contribution in [3.63, 3.8) is 0 Å². The molecule has 0 heterocycles. The topological polar surface area (TPSA) is 0 Å². The molecule has 0 spiro atoms. The molecule has 60 valence electrons. The summed E-state index contributed by atoms with van der Waals surface area (Å²) in [7, 11) is 0. The summed E-state index contributed by atoms with van der Waals surface area (Å²) in [5.41, 5.74) is 0. The third-order valence-electron chi connectivity index (χ3n) is 2.05. The van der Waals surface area contributed by atoms with Gasteiger partial charge in [-0.3, -0.25) is 4.39 Å². The first-order valence-electron chi connectivity index (χ1n) is 3.60. The quantitative estimate of drug-likeness (QED) is 0.644. The average molecular weight is 274 g/mol. The monoisotopic (exact) mass is 272 g/mol. The van der Waals surface area contributed by atoms with Crippen molar-refractivity contribution in [3.8, 4) is 0 Å². The highest BCUT2D eigenvalue weighted by Crippen LogP contribution is 2.34. The first kappa shape index (κ1) is 8.98. The van der Waals surface area contributed by atoms with E-state index in [4.69, 9.17) is 0 Å². The second kappa shape index (κ2) is 4.05. The first-order valence-corrected chi connectivity index (χ1v) is 5.43. The SMILES string of the molecule is FCC1CCCC(Br)C1Br. The van der Waals surface area contributed by atoms with Crippen LogP contribution in [0.1, 0.15) is 19.3 Å². The van der Waals surface area contributed by atoms with Gasteiger partial charge in [-0.2, -0.15) is 0 Å². The van der Waals surface area contributed by atoms with Crippen LogP contribution in [0.5, 0.6) is 0 Å². The molecule has 10 heavy (non-hydrogen) atoms. The van der Waals surface area contributed by atoms with Crippen LogP contribution in [0.2, 0.25) is 0 Å². The molecule has 0 aromatic rings. The molecule has 1 aliphatic rings. The van der Waals surface area contributed by atoms with Crippen molar-refractivity contribution in [1.82, 2.24) is 0 Å². The molecular weight excluding hydrogens is 263 g/mol. The van der Waals surface area contributed by atoms with E-state index >= 15 is 0 Å². The smallest absolute Gasteiger partial charge is 0.0933 e. The van der Waals surface area contributed by atoms with Gasteiger partial charge < -0.3 is 0 Å². The minimum atomic E-state index is -0.183. The summed E-state index contributed by atoms with van der Waals surface area (Å²) in [4.78, 5) is 0.813. The molecular formula is C7H11Br2F. The fourth-order valence-corrected chi connectivity index (χ4v) is 2.78. The molecule has 0 aliphatic heterocycles. The van der Waals surface area contributed by atoms with E-state index in [2.05, 4.69) is 31.9 Å². The van der Waals surface area contributed by atoms with Gasteiger partial charge in [-0.25, -0.2) is 0 Å². The molecule has 1 saturated carbocycles. The van der Waals surface area contributed by atoms with Gasteiger partial charge in [0.05, 0.1) is 6.67 Å². The predicted molar refractivity (Wildman–Crippen MR) is 48.7 cm³/mol. The van der Waals surface area contributed by atoms with Gasteiger partial charge in [0.1, 0.15) is 0 Å². The zero-order chi connectivity index (χ0) is 7.56. The maximum atomic E-state index is 12.3. The Morgan fingerprint density at radius 1 is 1.30 bits per heavy atom. The van der Waals surface area contributed by atoms with Crippen LogP contribution in [-0.4, -0.2) is 16.3 Å². The Kier molecular flexibility index (Phi) is 3.64. The van der Waals surface area contributed by atoms with Gasteiger partial charge in [0.15, 0.2) is 0 Å². The van der Waals surface area contributed by atoms with Crippen LogP contribution in [0, 0.1) is 5.92 Å². The molecule has 0 amide bonds. The number of hydrogen-bond donors (Lipinski definition) is 0. The zero-order valence-electron chi connectivity index (χ0n) is 5.69. The predicted octanol–water partition coefficient (Wildman–Crippen LogP) is 3.28. The Labute approximate surface area is 77.8 Å². The van der Waals surface area contributed by atoms with Gasteiger partial charge in [-0.05, 0) is 12.8 Å². The lowest BCUT2D eigenvalue weighted by Crippen LogP contribution is -2.30. The largest absolute Gasteiger partial charge is 0.251 e. The molecule has 0 saturated heterocycles. The minimum Gasteiger partial charge on any atom is -0.251 e. The van der Waals surface area contributed by atoms with Crippen molar-refractivity contribution >= 4 is 31.9 Å². The van der Waals surface area contributed by atoms with E-state index in [1.54, 1.807) is 0 Å². The Morgan fingerprint density at radius 3 is 2.50 bits per heavy atom. The van der Waals surface area contributed by atoms with Gasteiger partial charge in [0.25, 0.3) is 0 Å². The highest BCUT2D eigenvalue weighted by molar-refractivity contribution is 9.12. The minimum absolute atomic E-state index is 0.183. The second-order valence-corrected chi connectivity index (χ2v) is 5.04. The molecule has 1 aliphatic carbocycles. The van der Waals surface area contributed by atoms with Crippen molar-refractivity contribution in [2.75, 3.05) is 6.67 Å².